The molecule has 0 radical (unpaired) electrons. The molecule has 90 valence electrons. The number of aliphatic hydroxyl groups is 1. The summed E-state index contributed by atoms with van der Waals surface area (Å²) in [5.74, 6) is 0. The lowest BCUT2D eigenvalue weighted by molar-refractivity contribution is 0.158. The smallest absolute Gasteiger partial charge is 0.0959 e. The van der Waals surface area contributed by atoms with Gasteiger partial charge >= 0.3 is 0 Å². The summed E-state index contributed by atoms with van der Waals surface area (Å²) in [6.07, 6.45) is 2.88. The van der Waals surface area contributed by atoms with Gasteiger partial charge in [0.05, 0.1) is 11.8 Å². The van der Waals surface area contributed by atoms with Gasteiger partial charge in [0.2, 0.25) is 0 Å². The average molecular weight is 230 g/mol. The molecule has 2 aromatic rings. The van der Waals surface area contributed by atoms with Crippen LogP contribution in [-0.4, -0.2) is 14.9 Å². The van der Waals surface area contributed by atoms with Crippen molar-refractivity contribution in [1.82, 2.24) is 9.78 Å². The van der Waals surface area contributed by atoms with E-state index in [1.807, 2.05) is 13.1 Å². The third-order valence-electron chi connectivity index (χ3n) is 2.99. The van der Waals surface area contributed by atoms with Gasteiger partial charge in [-0.3, -0.25) is 4.68 Å². The largest absolute Gasteiger partial charge is 0.387 e. The predicted octanol–water partition coefficient (Wildman–Crippen LogP) is 2.39. The second-order valence-electron chi connectivity index (χ2n) is 4.42. The van der Waals surface area contributed by atoms with Gasteiger partial charge < -0.3 is 5.11 Å². The highest BCUT2D eigenvalue weighted by atomic mass is 16.3. The fourth-order valence-corrected chi connectivity index (χ4v) is 2.03. The maximum absolute atomic E-state index is 10.1. The summed E-state index contributed by atoms with van der Waals surface area (Å²) < 4.78 is 1.72. The molecule has 0 bridgehead atoms. The van der Waals surface area contributed by atoms with E-state index in [0.717, 1.165) is 18.5 Å². The summed E-state index contributed by atoms with van der Waals surface area (Å²) in [5.41, 5.74) is 3.40. The van der Waals surface area contributed by atoms with Gasteiger partial charge in [-0.15, -0.1) is 0 Å². The lowest BCUT2D eigenvalue weighted by atomic mass is 10.0. The van der Waals surface area contributed by atoms with E-state index >= 15 is 0 Å². The normalized spacial score (nSPS) is 12.6. The molecule has 0 spiro atoms. The van der Waals surface area contributed by atoms with Gasteiger partial charge in [-0.05, 0) is 31.4 Å². The minimum atomic E-state index is -0.442. The number of nitrogens with zero attached hydrogens (tertiary/aromatic N) is 2. The lowest BCUT2D eigenvalue weighted by Gasteiger charge is -2.11. The van der Waals surface area contributed by atoms with Gasteiger partial charge in [0, 0.05) is 13.2 Å². The minimum absolute atomic E-state index is 0.442. The van der Waals surface area contributed by atoms with Gasteiger partial charge in [0.15, 0.2) is 0 Å². The maximum Gasteiger partial charge on any atom is 0.0959 e. The molecule has 1 atom stereocenters. The zero-order chi connectivity index (χ0) is 12.3. The first-order valence-corrected chi connectivity index (χ1v) is 5.88. The van der Waals surface area contributed by atoms with Crippen LogP contribution in [0.15, 0.2) is 36.5 Å². The Labute approximate surface area is 102 Å². The second-order valence-corrected chi connectivity index (χ2v) is 4.42. The van der Waals surface area contributed by atoms with E-state index in [1.54, 1.807) is 10.9 Å². The lowest BCUT2D eigenvalue weighted by Crippen LogP contribution is -2.06. The summed E-state index contributed by atoms with van der Waals surface area (Å²) in [7, 11) is 1.85. The Morgan fingerprint density at radius 2 is 2.18 bits per heavy atom. The first-order chi connectivity index (χ1) is 8.16. The van der Waals surface area contributed by atoms with Crippen LogP contribution in [0.3, 0.4) is 0 Å². The number of rotatable bonds is 4. The van der Waals surface area contributed by atoms with Crippen molar-refractivity contribution in [1.29, 1.82) is 0 Å². The molecule has 0 aliphatic carbocycles. The number of aromatic nitrogens is 2. The van der Waals surface area contributed by atoms with Crippen molar-refractivity contribution < 1.29 is 5.11 Å². The predicted molar refractivity (Wildman–Crippen MR) is 67.7 cm³/mol. The monoisotopic (exact) mass is 230 g/mol. The van der Waals surface area contributed by atoms with Gasteiger partial charge in [-0.2, -0.15) is 5.10 Å². The second kappa shape index (κ2) is 5.15. The van der Waals surface area contributed by atoms with E-state index in [0.29, 0.717) is 0 Å². The van der Waals surface area contributed by atoms with Gasteiger partial charge in [-0.1, -0.05) is 29.8 Å². The fourth-order valence-electron chi connectivity index (χ4n) is 2.03. The molecule has 17 heavy (non-hydrogen) atoms. The van der Waals surface area contributed by atoms with Crippen LogP contribution in [0, 0.1) is 6.92 Å². The van der Waals surface area contributed by atoms with Crippen molar-refractivity contribution in [2.75, 3.05) is 0 Å². The Bertz CT molecular complexity index is 490. The van der Waals surface area contributed by atoms with Crippen LogP contribution >= 0.6 is 0 Å². The number of aliphatic hydroxyl groups excluding tert-OH is 1. The molecule has 2 rings (SSSR count). The van der Waals surface area contributed by atoms with Crippen molar-refractivity contribution in [3.63, 3.8) is 0 Å². The molecule has 0 fully saturated rings. The summed E-state index contributed by atoms with van der Waals surface area (Å²) >= 11 is 0. The van der Waals surface area contributed by atoms with E-state index in [4.69, 9.17) is 0 Å². The van der Waals surface area contributed by atoms with Gasteiger partial charge in [-0.25, -0.2) is 0 Å². The first kappa shape index (κ1) is 11.9. The molecule has 3 nitrogen and oxygen atoms in total. The molecule has 3 heteroatoms. The zero-order valence-electron chi connectivity index (χ0n) is 10.3. The van der Waals surface area contributed by atoms with E-state index in [1.165, 1.54) is 11.1 Å². The SMILES string of the molecule is Cc1cccc(CCC(O)c2ccnn2C)c1. The Hall–Kier alpha value is -1.61. The van der Waals surface area contributed by atoms with E-state index in [-0.39, 0.29) is 0 Å². The molecule has 0 amide bonds. The summed E-state index contributed by atoms with van der Waals surface area (Å²) in [6, 6.07) is 10.3. The van der Waals surface area contributed by atoms with Crippen molar-refractivity contribution in [2.24, 2.45) is 7.05 Å². The highest BCUT2D eigenvalue weighted by molar-refractivity contribution is 5.22. The summed E-state index contributed by atoms with van der Waals surface area (Å²) in [6.45, 7) is 2.08. The summed E-state index contributed by atoms with van der Waals surface area (Å²) in [5, 5.41) is 14.1. The highest BCUT2D eigenvalue weighted by Gasteiger charge is 2.11. The molecule has 0 saturated heterocycles. The molecule has 0 aliphatic rings. The van der Waals surface area contributed by atoms with E-state index in [9.17, 15) is 5.11 Å². The first-order valence-electron chi connectivity index (χ1n) is 5.88. The molecule has 0 saturated carbocycles. The number of benzene rings is 1. The molecule has 1 aromatic carbocycles. The van der Waals surface area contributed by atoms with Crippen molar-refractivity contribution in [3.8, 4) is 0 Å². The van der Waals surface area contributed by atoms with Crippen LogP contribution in [0.25, 0.3) is 0 Å². The van der Waals surface area contributed by atoms with Crippen LogP contribution in [0.1, 0.15) is 29.3 Å². The number of aryl methyl sites for hydroxylation is 3. The number of hydrogen-bond acceptors (Lipinski definition) is 2. The fraction of sp³-hybridized carbons (Fsp3) is 0.357. The standard InChI is InChI=1S/C14H18N2O/c1-11-4-3-5-12(10-11)6-7-14(17)13-8-9-15-16(13)2/h3-5,8-10,14,17H,6-7H2,1-2H3. The summed E-state index contributed by atoms with van der Waals surface area (Å²) in [4.78, 5) is 0. The molecule has 1 N–H and O–H groups in total. The molecular weight excluding hydrogens is 212 g/mol. The molecule has 0 aliphatic heterocycles. The Morgan fingerprint density at radius 3 is 2.82 bits per heavy atom. The molecule has 1 unspecified atom stereocenters. The Kier molecular flexibility index (Phi) is 3.59. The van der Waals surface area contributed by atoms with Crippen LogP contribution in [0.5, 0.6) is 0 Å². The van der Waals surface area contributed by atoms with Crippen molar-refractivity contribution in [2.45, 2.75) is 25.9 Å². The molecular formula is C14H18N2O. The Morgan fingerprint density at radius 1 is 1.35 bits per heavy atom. The maximum atomic E-state index is 10.1. The molecule has 1 heterocycles. The Balaban J connectivity index is 1.97. The van der Waals surface area contributed by atoms with E-state index < -0.39 is 6.10 Å². The zero-order valence-corrected chi connectivity index (χ0v) is 10.3. The quantitative estimate of drug-likeness (QED) is 0.875. The minimum Gasteiger partial charge on any atom is -0.387 e. The van der Waals surface area contributed by atoms with E-state index in [2.05, 4.69) is 36.3 Å². The third-order valence-corrected chi connectivity index (χ3v) is 2.99. The van der Waals surface area contributed by atoms with Gasteiger partial charge in [0.25, 0.3) is 0 Å². The van der Waals surface area contributed by atoms with Crippen LogP contribution in [0.2, 0.25) is 0 Å². The topological polar surface area (TPSA) is 38.1 Å². The van der Waals surface area contributed by atoms with Crippen molar-refractivity contribution in [3.05, 3.63) is 53.3 Å². The third kappa shape index (κ3) is 2.94. The van der Waals surface area contributed by atoms with Crippen LogP contribution in [0.4, 0.5) is 0 Å². The average Bonchev–Trinajstić information content (AvgIpc) is 2.72. The van der Waals surface area contributed by atoms with Crippen LogP contribution < -0.4 is 0 Å². The van der Waals surface area contributed by atoms with Crippen LogP contribution in [-0.2, 0) is 13.5 Å². The highest BCUT2D eigenvalue weighted by Crippen LogP contribution is 2.18. The number of hydrogen-bond donors (Lipinski definition) is 1. The van der Waals surface area contributed by atoms with Crippen molar-refractivity contribution >= 4 is 0 Å². The van der Waals surface area contributed by atoms with Gasteiger partial charge in [0.1, 0.15) is 0 Å². The molecule has 1 aromatic heterocycles.